The van der Waals surface area contributed by atoms with Gasteiger partial charge in [-0.2, -0.15) is 0 Å². The summed E-state index contributed by atoms with van der Waals surface area (Å²) < 4.78 is 0. The van der Waals surface area contributed by atoms with Gasteiger partial charge in [-0.25, -0.2) is 0 Å². The molecule has 0 aromatic rings. The van der Waals surface area contributed by atoms with Gasteiger partial charge in [0, 0.05) is 6.54 Å². The highest BCUT2D eigenvalue weighted by atomic mass is 16.3. The van der Waals surface area contributed by atoms with Crippen LogP contribution in [0, 0.1) is 5.92 Å². The number of aliphatic hydroxyl groups is 1. The molecule has 1 rings (SSSR count). The third-order valence-corrected chi connectivity index (χ3v) is 2.45. The van der Waals surface area contributed by atoms with E-state index in [0.29, 0.717) is 12.5 Å². The van der Waals surface area contributed by atoms with Gasteiger partial charge in [0.2, 0.25) is 0 Å². The van der Waals surface area contributed by atoms with Crippen molar-refractivity contribution < 1.29 is 5.11 Å². The minimum absolute atomic E-state index is 0.428. The second-order valence-electron chi connectivity index (χ2n) is 3.63. The van der Waals surface area contributed by atoms with Crippen LogP contribution in [-0.2, 0) is 0 Å². The average Bonchev–Trinajstić information content (AvgIpc) is 1.88. The summed E-state index contributed by atoms with van der Waals surface area (Å²) in [6.07, 6.45) is 4.18. The van der Waals surface area contributed by atoms with E-state index in [9.17, 15) is 5.11 Å². The van der Waals surface area contributed by atoms with Crippen LogP contribution in [-0.4, -0.2) is 17.3 Å². The van der Waals surface area contributed by atoms with Crippen LogP contribution in [0.5, 0.6) is 0 Å². The molecule has 60 valence electrons. The van der Waals surface area contributed by atoms with Gasteiger partial charge in [0.15, 0.2) is 0 Å². The summed E-state index contributed by atoms with van der Waals surface area (Å²) in [6, 6.07) is 0. The van der Waals surface area contributed by atoms with Crippen LogP contribution in [0.2, 0.25) is 0 Å². The van der Waals surface area contributed by atoms with E-state index in [4.69, 9.17) is 5.73 Å². The van der Waals surface area contributed by atoms with Gasteiger partial charge in [-0.05, 0) is 18.8 Å². The van der Waals surface area contributed by atoms with Crippen LogP contribution >= 0.6 is 0 Å². The van der Waals surface area contributed by atoms with Gasteiger partial charge < -0.3 is 10.8 Å². The summed E-state index contributed by atoms with van der Waals surface area (Å²) in [5.74, 6) is 0.655. The summed E-state index contributed by atoms with van der Waals surface area (Å²) in [6.45, 7) is 2.61. The lowest BCUT2D eigenvalue weighted by Crippen LogP contribution is -2.41. The average molecular weight is 143 g/mol. The maximum atomic E-state index is 9.73. The summed E-state index contributed by atoms with van der Waals surface area (Å²) in [7, 11) is 0. The van der Waals surface area contributed by atoms with Crippen molar-refractivity contribution in [3.63, 3.8) is 0 Å². The molecule has 2 atom stereocenters. The largest absolute Gasteiger partial charge is 0.389 e. The SMILES string of the molecule is C[C@@H]1CCC[C@@](O)(CN)C1. The van der Waals surface area contributed by atoms with Gasteiger partial charge in [0.1, 0.15) is 0 Å². The van der Waals surface area contributed by atoms with Crippen molar-refractivity contribution in [3.8, 4) is 0 Å². The van der Waals surface area contributed by atoms with E-state index in [1.165, 1.54) is 6.42 Å². The first-order valence-corrected chi connectivity index (χ1v) is 4.09. The number of rotatable bonds is 1. The van der Waals surface area contributed by atoms with Crippen molar-refractivity contribution in [1.82, 2.24) is 0 Å². The smallest absolute Gasteiger partial charge is 0.0772 e. The van der Waals surface area contributed by atoms with E-state index in [-0.39, 0.29) is 0 Å². The van der Waals surface area contributed by atoms with Gasteiger partial charge in [0.25, 0.3) is 0 Å². The lowest BCUT2D eigenvalue weighted by molar-refractivity contribution is -0.00446. The molecule has 10 heavy (non-hydrogen) atoms. The van der Waals surface area contributed by atoms with Gasteiger partial charge in [-0.1, -0.05) is 19.8 Å². The van der Waals surface area contributed by atoms with Crippen molar-refractivity contribution in [3.05, 3.63) is 0 Å². The van der Waals surface area contributed by atoms with Crippen molar-refractivity contribution in [2.75, 3.05) is 6.54 Å². The second kappa shape index (κ2) is 2.89. The molecule has 2 nitrogen and oxygen atoms in total. The van der Waals surface area contributed by atoms with Crippen molar-refractivity contribution >= 4 is 0 Å². The van der Waals surface area contributed by atoms with E-state index in [0.717, 1.165) is 19.3 Å². The number of hydrogen-bond donors (Lipinski definition) is 2. The van der Waals surface area contributed by atoms with Crippen LogP contribution in [0.15, 0.2) is 0 Å². The first kappa shape index (κ1) is 8.02. The van der Waals surface area contributed by atoms with Crippen molar-refractivity contribution in [2.24, 2.45) is 11.7 Å². The molecule has 2 heteroatoms. The molecule has 1 aliphatic carbocycles. The van der Waals surface area contributed by atoms with Gasteiger partial charge in [-0.15, -0.1) is 0 Å². The number of hydrogen-bond acceptors (Lipinski definition) is 2. The Balaban J connectivity index is 2.45. The maximum absolute atomic E-state index is 9.73. The zero-order valence-electron chi connectivity index (χ0n) is 6.64. The first-order valence-electron chi connectivity index (χ1n) is 4.09. The zero-order chi connectivity index (χ0) is 7.61. The molecule has 0 spiro atoms. The highest BCUT2D eigenvalue weighted by Crippen LogP contribution is 2.30. The zero-order valence-corrected chi connectivity index (χ0v) is 6.64. The van der Waals surface area contributed by atoms with E-state index in [1.54, 1.807) is 0 Å². The number of nitrogens with two attached hydrogens (primary N) is 1. The molecule has 0 aliphatic heterocycles. The Labute approximate surface area is 62.4 Å². The normalized spacial score (nSPS) is 41.7. The molecule has 0 aromatic heterocycles. The topological polar surface area (TPSA) is 46.2 Å². The third-order valence-electron chi connectivity index (χ3n) is 2.45. The van der Waals surface area contributed by atoms with Gasteiger partial charge in [-0.3, -0.25) is 0 Å². The molecule has 1 saturated carbocycles. The Bertz CT molecular complexity index is 116. The van der Waals surface area contributed by atoms with E-state index in [2.05, 4.69) is 6.92 Å². The predicted octanol–water partition coefficient (Wildman–Crippen LogP) is 0.886. The van der Waals surface area contributed by atoms with Crippen molar-refractivity contribution in [2.45, 2.75) is 38.2 Å². The molecule has 1 aliphatic rings. The lowest BCUT2D eigenvalue weighted by atomic mass is 9.79. The molecule has 0 aromatic carbocycles. The van der Waals surface area contributed by atoms with Gasteiger partial charge in [0.05, 0.1) is 5.60 Å². The van der Waals surface area contributed by atoms with Crippen LogP contribution in [0.25, 0.3) is 0 Å². The van der Waals surface area contributed by atoms with Crippen LogP contribution in [0.3, 0.4) is 0 Å². The maximum Gasteiger partial charge on any atom is 0.0772 e. The van der Waals surface area contributed by atoms with E-state index >= 15 is 0 Å². The second-order valence-corrected chi connectivity index (χ2v) is 3.63. The molecule has 0 saturated heterocycles. The Kier molecular flexibility index (Phi) is 2.32. The summed E-state index contributed by atoms with van der Waals surface area (Å²) in [5.41, 5.74) is 4.92. The summed E-state index contributed by atoms with van der Waals surface area (Å²) in [5, 5.41) is 9.73. The molecule has 3 N–H and O–H groups in total. The third kappa shape index (κ3) is 1.70. The van der Waals surface area contributed by atoms with Crippen LogP contribution in [0.4, 0.5) is 0 Å². The molecule has 0 bridgehead atoms. The predicted molar refractivity (Wildman–Crippen MR) is 41.6 cm³/mol. The van der Waals surface area contributed by atoms with Crippen LogP contribution < -0.4 is 5.73 Å². The molecule has 1 fully saturated rings. The first-order chi connectivity index (χ1) is 4.66. The van der Waals surface area contributed by atoms with Crippen LogP contribution in [0.1, 0.15) is 32.6 Å². The fourth-order valence-corrected chi connectivity index (χ4v) is 1.82. The monoisotopic (exact) mass is 143 g/mol. The highest BCUT2D eigenvalue weighted by molar-refractivity contribution is 4.85. The van der Waals surface area contributed by atoms with Gasteiger partial charge >= 0.3 is 0 Å². The quantitative estimate of drug-likeness (QED) is 0.572. The molecule has 0 amide bonds. The summed E-state index contributed by atoms with van der Waals surface area (Å²) in [4.78, 5) is 0. The molecule has 0 unspecified atom stereocenters. The Hall–Kier alpha value is -0.0800. The fraction of sp³-hybridized carbons (Fsp3) is 1.00. The standard InChI is InChI=1S/C8H17NO/c1-7-3-2-4-8(10,5-7)6-9/h7,10H,2-6,9H2,1H3/t7-,8+/m1/s1. The van der Waals surface area contributed by atoms with E-state index in [1.807, 2.05) is 0 Å². The molecule has 0 radical (unpaired) electrons. The molecular formula is C8H17NO. The Morgan fingerprint density at radius 2 is 2.40 bits per heavy atom. The fourth-order valence-electron chi connectivity index (χ4n) is 1.82. The lowest BCUT2D eigenvalue weighted by Gasteiger charge is -2.34. The Morgan fingerprint density at radius 3 is 2.80 bits per heavy atom. The molecular weight excluding hydrogens is 126 g/mol. The summed E-state index contributed by atoms with van der Waals surface area (Å²) >= 11 is 0. The highest BCUT2D eigenvalue weighted by Gasteiger charge is 2.30. The minimum Gasteiger partial charge on any atom is -0.389 e. The van der Waals surface area contributed by atoms with Crippen molar-refractivity contribution in [1.29, 1.82) is 0 Å². The van der Waals surface area contributed by atoms with E-state index < -0.39 is 5.60 Å². The minimum atomic E-state index is -0.530. The molecule has 0 heterocycles. The Morgan fingerprint density at radius 1 is 1.70 bits per heavy atom.